The summed E-state index contributed by atoms with van der Waals surface area (Å²) in [7, 11) is 0. The Bertz CT molecular complexity index is 1280. The number of anilines is 1. The van der Waals surface area contributed by atoms with E-state index >= 15 is 0 Å². The average molecular weight is 473 g/mol. The maximum absolute atomic E-state index is 13.0. The van der Waals surface area contributed by atoms with Crippen LogP contribution in [-0.2, 0) is 16.1 Å². The van der Waals surface area contributed by atoms with Crippen LogP contribution in [0.15, 0.2) is 53.5 Å². The highest BCUT2D eigenvalue weighted by Gasteiger charge is 2.28. The number of rotatable bonds is 4. The van der Waals surface area contributed by atoms with Gasteiger partial charge in [0.25, 0.3) is 5.56 Å². The Balaban J connectivity index is 1.50. The van der Waals surface area contributed by atoms with E-state index in [1.54, 1.807) is 48.7 Å². The quantitative estimate of drug-likeness (QED) is 0.503. The molecule has 0 spiro atoms. The van der Waals surface area contributed by atoms with Gasteiger partial charge in [-0.1, -0.05) is 35.3 Å². The van der Waals surface area contributed by atoms with Crippen LogP contribution in [0.5, 0.6) is 0 Å². The van der Waals surface area contributed by atoms with Crippen LogP contribution in [0.25, 0.3) is 10.8 Å². The smallest absolute Gasteiger partial charge is 0.319 e. The molecule has 1 unspecified atom stereocenters. The molecular formula is C22H18Cl2N4O4. The molecule has 3 aromatic rings. The summed E-state index contributed by atoms with van der Waals surface area (Å²) >= 11 is 11.9. The lowest BCUT2D eigenvalue weighted by Gasteiger charge is -2.23. The summed E-state index contributed by atoms with van der Waals surface area (Å²) in [6, 6.07) is 10.5. The van der Waals surface area contributed by atoms with Gasteiger partial charge in [-0.2, -0.15) is 0 Å². The molecule has 0 radical (unpaired) electrons. The van der Waals surface area contributed by atoms with Crippen molar-refractivity contribution >= 4 is 57.5 Å². The number of benzene rings is 2. The average Bonchev–Trinajstić information content (AvgIpc) is 2.73. The predicted octanol–water partition coefficient (Wildman–Crippen LogP) is 3.61. The van der Waals surface area contributed by atoms with E-state index in [-0.39, 0.29) is 30.9 Å². The van der Waals surface area contributed by atoms with Crippen LogP contribution in [0.4, 0.5) is 10.5 Å². The van der Waals surface area contributed by atoms with Gasteiger partial charge in [-0.25, -0.2) is 4.79 Å². The SMILES string of the molecule is O=C1CCC(n2ccc3ccc(CNC(=O)Nc4cc(Cl)cc(Cl)c4)cc3c2=O)C(=O)N1. The number of halogens is 2. The number of hydrogen-bond donors (Lipinski definition) is 3. The minimum absolute atomic E-state index is 0.169. The van der Waals surface area contributed by atoms with Crippen molar-refractivity contribution < 1.29 is 14.4 Å². The zero-order chi connectivity index (χ0) is 22.8. The van der Waals surface area contributed by atoms with E-state index in [2.05, 4.69) is 16.0 Å². The van der Waals surface area contributed by atoms with E-state index in [1.807, 2.05) is 0 Å². The first kappa shape index (κ1) is 21.9. The van der Waals surface area contributed by atoms with Crippen LogP contribution in [0.3, 0.4) is 0 Å². The number of carbonyl (C=O) groups excluding carboxylic acids is 3. The zero-order valence-corrected chi connectivity index (χ0v) is 18.2. The van der Waals surface area contributed by atoms with Gasteiger partial charge in [0.2, 0.25) is 11.8 Å². The Morgan fingerprint density at radius 2 is 1.81 bits per heavy atom. The molecule has 1 fully saturated rings. The fourth-order valence-electron chi connectivity index (χ4n) is 3.59. The monoisotopic (exact) mass is 472 g/mol. The van der Waals surface area contributed by atoms with Crippen molar-refractivity contribution in [3.8, 4) is 0 Å². The van der Waals surface area contributed by atoms with Crippen molar-refractivity contribution in [2.24, 2.45) is 0 Å². The summed E-state index contributed by atoms with van der Waals surface area (Å²) < 4.78 is 1.34. The number of carbonyl (C=O) groups is 3. The number of amides is 4. The molecule has 4 amide bonds. The van der Waals surface area contributed by atoms with Crippen molar-refractivity contribution in [2.75, 3.05) is 5.32 Å². The normalized spacial score (nSPS) is 16.0. The van der Waals surface area contributed by atoms with Crippen LogP contribution in [0.2, 0.25) is 10.0 Å². The van der Waals surface area contributed by atoms with Gasteiger partial charge in [0.1, 0.15) is 6.04 Å². The summed E-state index contributed by atoms with van der Waals surface area (Å²) in [6.45, 7) is 0.169. The van der Waals surface area contributed by atoms with Gasteiger partial charge >= 0.3 is 6.03 Å². The molecule has 10 heteroatoms. The first-order chi connectivity index (χ1) is 15.3. The number of imide groups is 1. The molecule has 164 valence electrons. The lowest BCUT2D eigenvalue weighted by atomic mass is 10.0. The number of pyridine rings is 1. The molecule has 1 saturated heterocycles. The molecule has 0 aliphatic carbocycles. The molecule has 0 bridgehead atoms. The summed E-state index contributed by atoms with van der Waals surface area (Å²) in [5.41, 5.74) is 0.817. The number of hydrogen-bond acceptors (Lipinski definition) is 4. The number of urea groups is 1. The van der Waals surface area contributed by atoms with E-state index < -0.39 is 18.0 Å². The Hall–Kier alpha value is -3.36. The van der Waals surface area contributed by atoms with E-state index in [0.29, 0.717) is 32.1 Å². The summed E-state index contributed by atoms with van der Waals surface area (Å²) in [5.74, 6) is -0.829. The molecular weight excluding hydrogens is 455 g/mol. The van der Waals surface area contributed by atoms with Crippen molar-refractivity contribution in [1.29, 1.82) is 0 Å². The molecule has 32 heavy (non-hydrogen) atoms. The van der Waals surface area contributed by atoms with Crippen LogP contribution < -0.4 is 21.5 Å². The minimum atomic E-state index is -0.735. The minimum Gasteiger partial charge on any atom is -0.334 e. The zero-order valence-electron chi connectivity index (χ0n) is 16.7. The second kappa shape index (κ2) is 9.02. The lowest BCUT2D eigenvalue weighted by Crippen LogP contribution is -2.44. The molecule has 3 N–H and O–H groups in total. The van der Waals surface area contributed by atoms with E-state index in [4.69, 9.17) is 23.2 Å². The van der Waals surface area contributed by atoms with Crippen molar-refractivity contribution in [2.45, 2.75) is 25.4 Å². The number of piperidine rings is 1. The Morgan fingerprint density at radius 1 is 1.06 bits per heavy atom. The van der Waals surface area contributed by atoms with Crippen LogP contribution in [0, 0.1) is 0 Å². The van der Waals surface area contributed by atoms with Gasteiger partial charge in [-0.05, 0) is 47.7 Å². The highest BCUT2D eigenvalue weighted by atomic mass is 35.5. The van der Waals surface area contributed by atoms with Gasteiger partial charge < -0.3 is 15.2 Å². The number of nitrogens with one attached hydrogen (secondary N) is 3. The van der Waals surface area contributed by atoms with Gasteiger partial charge in [-0.15, -0.1) is 0 Å². The lowest BCUT2D eigenvalue weighted by molar-refractivity contribution is -0.135. The van der Waals surface area contributed by atoms with Gasteiger partial charge in [0, 0.05) is 40.3 Å². The van der Waals surface area contributed by atoms with E-state index in [0.717, 1.165) is 0 Å². The molecule has 1 aromatic heterocycles. The molecule has 0 saturated carbocycles. The number of fused-ring (bicyclic) bond motifs is 1. The van der Waals surface area contributed by atoms with Crippen molar-refractivity contribution in [1.82, 2.24) is 15.2 Å². The molecule has 2 aromatic carbocycles. The second-order valence-electron chi connectivity index (χ2n) is 7.38. The third-order valence-corrected chi connectivity index (χ3v) is 5.55. The number of aromatic nitrogens is 1. The highest BCUT2D eigenvalue weighted by molar-refractivity contribution is 6.35. The van der Waals surface area contributed by atoms with Crippen molar-refractivity contribution in [3.63, 3.8) is 0 Å². The Labute approximate surface area is 192 Å². The second-order valence-corrected chi connectivity index (χ2v) is 8.26. The Kier molecular flexibility index (Phi) is 6.16. The molecule has 4 rings (SSSR count). The highest BCUT2D eigenvalue weighted by Crippen LogP contribution is 2.22. The topological polar surface area (TPSA) is 109 Å². The molecule has 1 aliphatic rings. The summed E-state index contributed by atoms with van der Waals surface area (Å²) in [6.07, 6.45) is 2.01. The van der Waals surface area contributed by atoms with Gasteiger partial charge in [0.05, 0.1) is 0 Å². The van der Waals surface area contributed by atoms with Gasteiger partial charge in [-0.3, -0.25) is 19.7 Å². The van der Waals surface area contributed by atoms with E-state index in [9.17, 15) is 19.2 Å². The summed E-state index contributed by atoms with van der Waals surface area (Å²) in [4.78, 5) is 48.8. The third kappa shape index (κ3) is 4.76. The van der Waals surface area contributed by atoms with E-state index in [1.165, 1.54) is 4.57 Å². The predicted molar refractivity (Wildman–Crippen MR) is 122 cm³/mol. The largest absolute Gasteiger partial charge is 0.334 e. The fraction of sp³-hybridized carbons (Fsp3) is 0.182. The molecule has 8 nitrogen and oxygen atoms in total. The third-order valence-electron chi connectivity index (χ3n) is 5.12. The first-order valence-electron chi connectivity index (χ1n) is 9.78. The molecule has 1 aliphatic heterocycles. The molecule has 1 atom stereocenters. The fourth-order valence-corrected chi connectivity index (χ4v) is 4.11. The summed E-state index contributed by atoms with van der Waals surface area (Å²) in [5, 5.41) is 9.55. The molecule has 2 heterocycles. The first-order valence-corrected chi connectivity index (χ1v) is 10.5. The number of nitrogens with zero attached hydrogens (tertiary/aromatic N) is 1. The standard InChI is InChI=1S/C22H18Cl2N4O4/c23-14-8-15(24)10-16(9-14)26-22(32)25-11-12-1-2-13-5-6-28(21(31)17(13)7-12)18-3-4-19(29)27-20(18)30/h1-2,5-10,18H,3-4,11H2,(H2,25,26,32)(H,27,29,30). The van der Waals surface area contributed by atoms with Crippen LogP contribution in [-0.4, -0.2) is 22.4 Å². The van der Waals surface area contributed by atoms with Crippen molar-refractivity contribution in [3.05, 3.63) is 74.6 Å². The maximum atomic E-state index is 13.0. The van der Waals surface area contributed by atoms with Crippen LogP contribution in [0.1, 0.15) is 24.4 Å². The van der Waals surface area contributed by atoms with Crippen LogP contribution >= 0.6 is 23.2 Å². The maximum Gasteiger partial charge on any atom is 0.319 e. The Morgan fingerprint density at radius 3 is 2.53 bits per heavy atom. The van der Waals surface area contributed by atoms with Gasteiger partial charge in [0.15, 0.2) is 0 Å².